The smallest absolute Gasteiger partial charge is 0.158 e. The molecule has 3 N–H and O–H groups in total. The fourth-order valence-corrected chi connectivity index (χ4v) is 3.22. The summed E-state index contributed by atoms with van der Waals surface area (Å²) in [6, 6.07) is 11.5. The summed E-state index contributed by atoms with van der Waals surface area (Å²) in [6.45, 7) is 2.04. The van der Waals surface area contributed by atoms with Gasteiger partial charge in [0.15, 0.2) is 5.65 Å². The Hall–Kier alpha value is -2.11. The van der Waals surface area contributed by atoms with Crippen molar-refractivity contribution in [1.82, 2.24) is 19.9 Å². The van der Waals surface area contributed by atoms with Gasteiger partial charge in [0.05, 0.1) is 11.4 Å². The van der Waals surface area contributed by atoms with E-state index in [1.165, 1.54) is 6.42 Å². The van der Waals surface area contributed by atoms with Crippen LogP contribution in [0, 0.1) is 0 Å². The monoisotopic (exact) mass is 327 g/mol. The number of hydrogen-bond acceptors (Lipinski definition) is 4. The van der Waals surface area contributed by atoms with E-state index in [-0.39, 0.29) is 0 Å². The molecular weight excluding hydrogens is 310 g/mol. The molecule has 4 rings (SSSR count). The van der Waals surface area contributed by atoms with E-state index >= 15 is 0 Å². The lowest BCUT2D eigenvalue weighted by Gasteiger charge is -2.22. The van der Waals surface area contributed by atoms with E-state index in [2.05, 4.69) is 10.4 Å². The van der Waals surface area contributed by atoms with Crippen molar-refractivity contribution in [2.75, 3.05) is 18.8 Å². The maximum Gasteiger partial charge on any atom is 0.158 e. The van der Waals surface area contributed by atoms with E-state index in [0.717, 1.165) is 42.1 Å². The molecule has 118 valence electrons. The number of hydrogen-bond donors (Lipinski definition) is 2. The molecule has 2 aromatic heterocycles. The maximum absolute atomic E-state index is 6.20. The minimum Gasteiger partial charge on any atom is -0.384 e. The van der Waals surface area contributed by atoms with Crippen LogP contribution in [-0.2, 0) is 0 Å². The van der Waals surface area contributed by atoms with Crippen molar-refractivity contribution < 1.29 is 0 Å². The van der Waals surface area contributed by atoms with Gasteiger partial charge >= 0.3 is 0 Å². The van der Waals surface area contributed by atoms with Crippen LogP contribution in [0.25, 0.3) is 16.9 Å². The molecule has 0 spiro atoms. The highest BCUT2D eigenvalue weighted by molar-refractivity contribution is 6.30. The molecule has 1 aliphatic heterocycles. The Bertz CT molecular complexity index is 834. The molecule has 0 unspecified atom stereocenters. The number of anilines is 1. The van der Waals surface area contributed by atoms with Gasteiger partial charge in [-0.25, -0.2) is 4.98 Å². The number of nitrogens with zero attached hydrogens (tertiary/aromatic N) is 3. The van der Waals surface area contributed by atoms with E-state index in [1.54, 1.807) is 4.52 Å². The van der Waals surface area contributed by atoms with Gasteiger partial charge in [0.25, 0.3) is 0 Å². The van der Waals surface area contributed by atoms with Crippen molar-refractivity contribution in [2.24, 2.45) is 0 Å². The van der Waals surface area contributed by atoms with Gasteiger partial charge in [-0.2, -0.15) is 9.61 Å². The summed E-state index contributed by atoms with van der Waals surface area (Å²) in [7, 11) is 0. The van der Waals surface area contributed by atoms with Gasteiger partial charge in [-0.15, -0.1) is 0 Å². The maximum atomic E-state index is 6.20. The number of nitrogens with one attached hydrogen (secondary N) is 1. The normalized spacial score (nSPS) is 18.4. The largest absolute Gasteiger partial charge is 0.384 e. The number of fused-ring (bicyclic) bond motifs is 1. The van der Waals surface area contributed by atoms with Crippen LogP contribution in [0.3, 0.4) is 0 Å². The highest BCUT2D eigenvalue weighted by Gasteiger charge is 2.18. The Labute approximate surface area is 139 Å². The Kier molecular flexibility index (Phi) is 3.67. The second-order valence-electron chi connectivity index (χ2n) is 5.96. The summed E-state index contributed by atoms with van der Waals surface area (Å²) in [4.78, 5) is 4.78. The second-order valence-corrected chi connectivity index (χ2v) is 6.39. The van der Waals surface area contributed by atoms with Crippen LogP contribution in [0.4, 0.5) is 5.82 Å². The molecule has 1 aromatic carbocycles. The van der Waals surface area contributed by atoms with Crippen molar-refractivity contribution in [2.45, 2.75) is 18.8 Å². The molecule has 1 aliphatic rings. The molecule has 0 radical (unpaired) electrons. The fraction of sp³-hybridized carbons (Fsp3) is 0.294. The van der Waals surface area contributed by atoms with Gasteiger partial charge in [0, 0.05) is 35.2 Å². The summed E-state index contributed by atoms with van der Waals surface area (Å²) >= 11 is 5.95. The lowest BCUT2D eigenvalue weighted by Crippen LogP contribution is -2.29. The summed E-state index contributed by atoms with van der Waals surface area (Å²) in [5.41, 5.74) is 9.88. The lowest BCUT2D eigenvalue weighted by atomic mass is 9.96. The quantitative estimate of drug-likeness (QED) is 0.759. The average Bonchev–Trinajstić information content (AvgIpc) is 3.01. The van der Waals surface area contributed by atoms with Crippen molar-refractivity contribution in [3.05, 3.63) is 47.1 Å². The Balaban J connectivity index is 1.75. The second kappa shape index (κ2) is 5.83. The molecule has 0 aliphatic carbocycles. The number of benzene rings is 1. The Morgan fingerprint density at radius 2 is 2.04 bits per heavy atom. The zero-order chi connectivity index (χ0) is 15.8. The molecule has 6 heteroatoms. The average molecular weight is 328 g/mol. The first kappa shape index (κ1) is 14.5. The number of halogens is 1. The highest BCUT2D eigenvalue weighted by Crippen LogP contribution is 2.26. The number of piperidine rings is 1. The molecule has 3 heterocycles. The predicted molar refractivity (Wildman–Crippen MR) is 92.7 cm³/mol. The molecule has 1 saturated heterocycles. The molecule has 23 heavy (non-hydrogen) atoms. The van der Waals surface area contributed by atoms with Gasteiger partial charge in [-0.3, -0.25) is 0 Å². The third-order valence-electron chi connectivity index (χ3n) is 4.33. The van der Waals surface area contributed by atoms with E-state index < -0.39 is 0 Å². The summed E-state index contributed by atoms with van der Waals surface area (Å²) in [6.07, 6.45) is 2.32. The van der Waals surface area contributed by atoms with Gasteiger partial charge < -0.3 is 11.1 Å². The van der Waals surface area contributed by atoms with Crippen molar-refractivity contribution >= 4 is 23.1 Å². The molecule has 1 atom stereocenters. The van der Waals surface area contributed by atoms with Crippen molar-refractivity contribution in [1.29, 1.82) is 0 Å². The van der Waals surface area contributed by atoms with Crippen molar-refractivity contribution in [3.8, 4) is 11.3 Å². The minimum atomic E-state index is 0.421. The Morgan fingerprint density at radius 1 is 1.22 bits per heavy atom. The molecule has 1 fully saturated rings. The topological polar surface area (TPSA) is 68.2 Å². The van der Waals surface area contributed by atoms with Crippen LogP contribution in [-0.4, -0.2) is 27.7 Å². The number of nitrogens with two attached hydrogens (primary N) is 1. The summed E-state index contributed by atoms with van der Waals surface area (Å²) < 4.78 is 1.70. The summed E-state index contributed by atoms with van der Waals surface area (Å²) in [5.74, 6) is 1.04. The van der Waals surface area contributed by atoms with Gasteiger partial charge in [0.2, 0.25) is 0 Å². The molecule has 5 nitrogen and oxygen atoms in total. The van der Waals surface area contributed by atoms with Gasteiger partial charge in [-0.05, 0) is 31.5 Å². The highest BCUT2D eigenvalue weighted by atomic mass is 35.5. The van der Waals surface area contributed by atoms with Gasteiger partial charge in [0.1, 0.15) is 5.82 Å². The fourth-order valence-electron chi connectivity index (χ4n) is 3.09. The predicted octanol–water partition coefficient (Wildman–Crippen LogP) is 3.10. The lowest BCUT2D eigenvalue weighted by molar-refractivity contribution is 0.455. The number of rotatable bonds is 2. The SMILES string of the molecule is Nc1cc([C@@H]2CCCNC2)nc2cc(-c3ccc(Cl)cc3)nn12. The molecule has 3 aromatic rings. The van der Waals surface area contributed by atoms with Crippen LogP contribution >= 0.6 is 11.6 Å². The van der Waals surface area contributed by atoms with Crippen molar-refractivity contribution in [3.63, 3.8) is 0 Å². The van der Waals surface area contributed by atoms with Crippen LogP contribution in [0.5, 0.6) is 0 Å². The minimum absolute atomic E-state index is 0.421. The first-order chi connectivity index (χ1) is 11.2. The standard InChI is InChI=1S/C17H18ClN5/c18-13-5-3-11(4-6-13)15-9-17-21-14(8-16(19)23(17)22-15)12-2-1-7-20-10-12/h3-6,8-9,12,20H,1-2,7,10,19H2/t12-/m1/s1. The number of aromatic nitrogens is 3. The molecule has 0 amide bonds. The number of nitrogen functional groups attached to an aromatic ring is 1. The van der Waals surface area contributed by atoms with E-state index in [9.17, 15) is 0 Å². The van der Waals surface area contributed by atoms with E-state index in [4.69, 9.17) is 22.3 Å². The van der Waals surface area contributed by atoms with E-state index in [1.807, 2.05) is 36.4 Å². The third-order valence-corrected chi connectivity index (χ3v) is 4.58. The molecule has 0 bridgehead atoms. The van der Waals surface area contributed by atoms with Crippen LogP contribution < -0.4 is 11.1 Å². The Morgan fingerprint density at radius 3 is 2.78 bits per heavy atom. The summed E-state index contributed by atoms with van der Waals surface area (Å²) in [5, 5.41) is 8.70. The van der Waals surface area contributed by atoms with Crippen LogP contribution in [0.15, 0.2) is 36.4 Å². The third kappa shape index (κ3) is 2.78. The zero-order valence-corrected chi connectivity index (χ0v) is 13.4. The van der Waals surface area contributed by atoms with E-state index in [0.29, 0.717) is 16.8 Å². The van der Waals surface area contributed by atoms with Gasteiger partial charge in [-0.1, -0.05) is 23.7 Å². The van der Waals surface area contributed by atoms with Crippen LogP contribution in [0.2, 0.25) is 5.02 Å². The first-order valence-corrected chi connectivity index (χ1v) is 8.21. The first-order valence-electron chi connectivity index (χ1n) is 7.83. The zero-order valence-electron chi connectivity index (χ0n) is 12.7. The van der Waals surface area contributed by atoms with Crippen LogP contribution in [0.1, 0.15) is 24.5 Å². The molecular formula is C17H18ClN5. The molecule has 0 saturated carbocycles.